The van der Waals surface area contributed by atoms with Gasteiger partial charge in [0.25, 0.3) is 5.91 Å². The first kappa shape index (κ1) is 18.8. The molecule has 2 aromatic carbocycles. The summed E-state index contributed by atoms with van der Waals surface area (Å²) < 4.78 is 9.51. The zero-order valence-corrected chi connectivity index (χ0v) is 18.0. The Hall–Kier alpha value is -1.51. The first-order valence-corrected chi connectivity index (χ1v) is 11.0. The van der Waals surface area contributed by atoms with Crippen molar-refractivity contribution in [3.63, 3.8) is 0 Å². The molecule has 0 aliphatic carbocycles. The van der Waals surface area contributed by atoms with Gasteiger partial charge in [-0.3, -0.25) is 4.79 Å². The second-order valence-corrected chi connectivity index (χ2v) is 8.84. The van der Waals surface area contributed by atoms with Crippen LogP contribution >= 0.6 is 34.4 Å². The van der Waals surface area contributed by atoms with Crippen molar-refractivity contribution >= 4 is 51.2 Å². The van der Waals surface area contributed by atoms with Gasteiger partial charge in [0.05, 0.1) is 11.1 Å². The Morgan fingerprint density at radius 3 is 2.89 bits per heavy atom. The molecule has 0 bridgehead atoms. The summed E-state index contributed by atoms with van der Waals surface area (Å²) in [6.07, 6.45) is 5.70. The molecule has 1 fully saturated rings. The quantitative estimate of drug-likeness (QED) is 0.493. The molecule has 1 unspecified atom stereocenters. The van der Waals surface area contributed by atoms with Gasteiger partial charge in [-0.05, 0) is 66.1 Å². The smallest absolute Gasteiger partial charge is 0.252 e. The van der Waals surface area contributed by atoms with E-state index in [0.717, 1.165) is 29.2 Å². The predicted molar refractivity (Wildman–Crippen MR) is 117 cm³/mol. The Bertz CT molecular complexity index is 979. The van der Waals surface area contributed by atoms with Gasteiger partial charge in [0.15, 0.2) is 0 Å². The molecular weight excluding hydrogens is 471 g/mol. The van der Waals surface area contributed by atoms with Crippen molar-refractivity contribution in [1.82, 2.24) is 9.88 Å². The van der Waals surface area contributed by atoms with Crippen LogP contribution in [0.2, 0.25) is 0 Å². The van der Waals surface area contributed by atoms with E-state index < -0.39 is 0 Å². The predicted octanol–water partition coefficient (Wildman–Crippen LogP) is 5.46. The Kier molecular flexibility index (Phi) is 5.75. The minimum absolute atomic E-state index is 0.0623. The van der Waals surface area contributed by atoms with Gasteiger partial charge in [-0.1, -0.05) is 30.0 Å². The van der Waals surface area contributed by atoms with Crippen molar-refractivity contribution in [1.29, 1.82) is 0 Å². The van der Waals surface area contributed by atoms with Crippen LogP contribution in [-0.2, 0) is 4.74 Å². The molecule has 3 aromatic rings. The van der Waals surface area contributed by atoms with Gasteiger partial charge in [-0.2, -0.15) is 0 Å². The Balaban J connectivity index is 1.71. The SMILES string of the molecule is CNC(=O)c1ccccc1Sc1ccc2c(I)cn(C3CCCCO3)c2c1. The Labute approximate surface area is 176 Å². The second-order valence-electron chi connectivity index (χ2n) is 6.56. The molecular formula is C21H21IN2O2S. The summed E-state index contributed by atoms with van der Waals surface area (Å²) in [6.45, 7) is 0.828. The molecule has 1 saturated heterocycles. The van der Waals surface area contributed by atoms with Crippen LogP contribution in [0.4, 0.5) is 0 Å². The summed E-state index contributed by atoms with van der Waals surface area (Å²) in [5, 5.41) is 3.96. The molecule has 27 heavy (non-hydrogen) atoms. The highest BCUT2D eigenvalue weighted by Crippen LogP contribution is 2.36. The minimum Gasteiger partial charge on any atom is -0.358 e. The minimum atomic E-state index is -0.0623. The highest BCUT2D eigenvalue weighted by Gasteiger charge is 2.19. The molecule has 4 rings (SSSR count). The number of benzene rings is 2. The average molecular weight is 492 g/mol. The fraction of sp³-hybridized carbons (Fsp3) is 0.286. The fourth-order valence-corrected chi connectivity index (χ4v) is 5.17. The molecule has 1 atom stereocenters. The maximum atomic E-state index is 12.2. The summed E-state index contributed by atoms with van der Waals surface area (Å²) in [5.74, 6) is -0.0623. The zero-order chi connectivity index (χ0) is 18.8. The van der Waals surface area contributed by atoms with Crippen molar-refractivity contribution in [3.8, 4) is 0 Å². The molecule has 6 heteroatoms. The number of halogens is 1. The van der Waals surface area contributed by atoms with Gasteiger partial charge in [-0.15, -0.1) is 0 Å². The Morgan fingerprint density at radius 1 is 1.26 bits per heavy atom. The number of aromatic nitrogens is 1. The number of fused-ring (bicyclic) bond motifs is 1. The topological polar surface area (TPSA) is 43.3 Å². The van der Waals surface area contributed by atoms with Crippen LogP contribution < -0.4 is 5.32 Å². The molecule has 0 spiro atoms. The number of nitrogens with zero attached hydrogens (tertiary/aromatic N) is 1. The number of rotatable bonds is 4. The molecule has 0 saturated carbocycles. The van der Waals surface area contributed by atoms with Crippen molar-refractivity contribution in [3.05, 3.63) is 57.8 Å². The van der Waals surface area contributed by atoms with Gasteiger partial charge >= 0.3 is 0 Å². The van der Waals surface area contributed by atoms with Crippen LogP contribution in [0, 0.1) is 3.57 Å². The van der Waals surface area contributed by atoms with Crippen molar-refractivity contribution in [2.75, 3.05) is 13.7 Å². The standard InChI is InChI=1S/C21H21IN2O2S/c1-23-21(25)16-6-2-3-7-19(16)27-14-9-10-15-17(22)13-24(18(15)12-14)20-8-4-5-11-26-20/h2-3,6-7,9-10,12-13,20H,4-5,8,11H2,1H3,(H,23,25). The van der Waals surface area contributed by atoms with E-state index in [1.807, 2.05) is 24.3 Å². The van der Waals surface area contributed by atoms with E-state index in [2.05, 4.69) is 56.9 Å². The van der Waals surface area contributed by atoms with Crippen LogP contribution in [0.25, 0.3) is 10.9 Å². The number of hydrogen-bond acceptors (Lipinski definition) is 3. The third-order valence-electron chi connectivity index (χ3n) is 4.81. The summed E-state index contributed by atoms with van der Waals surface area (Å²) in [7, 11) is 1.66. The van der Waals surface area contributed by atoms with Gasteiger partial charge in [0.2, 0.25) is 0 Å². The van der Waals surface area contributed by atoms with Gasteiger partial charge in [0.1, 0.15) is 6.23 Å². The highest BCUT2D eigenvalue weighted by atomic mass is 127. The summed E-state index contributed by atoms with van der Waals surface area (Å²) in [5.41, 5.74) is 1.89. The molecule has 1 N–H and O–H groups in total. The molecule has 1 aliphatic heterocycles. The number of nitrogens with one attached hydrogen (secondary N) is 1. The first-order valence-electron chi connectivity index (χ1n) is 9.08. The molecule has 1 aromatic heterocycles. The average Bonchev–Trinajstić information content (AvgIpc) is 3.04. The van der Waals surface area contributed by atoms with Crippen LogP contribution in [0.3, 0.4) is 0 Å². The third kappa shape index (κ3) is 3.88. The molecule has 0 radical (unpaired) electrons. The number of hydrogen-bond donors (Lipinski definition) is 1. The van der Waals surface area contributed by atoms with E-state index in [1.165, 1.54) is 20.9 Å². The van der Waals surface area contributed by atoms with E-state index in [1.54, 1.807) is 18.8 Å². The molecule has 2 heterocycles. The van der Waals surface area contributed by atoms with Crippen LogP contribution in [-0.4, -0.2) is 24.1 Å². The summed E-state index contributed by atoms with van der Waals surface area (Å²) in [4.78, 5) is 14.2. The highest BCUT2D eigenvalue weighted by molar-refractivity contribution is 14.1. The second kappa shape index (κ2) is 8.24. The lowest BCUT2D eigenvalue weighted by molar-refractivity contribution is -0.0292. The number of carbonyl (C=O) groups is 1. The van der Waals surface area contributed by atoms with E-state index in [-0.39, 0.29) is 12.1 Å². The fourth-order valence-electron chi connectivity index (χ4n) is 3.44. The van der Waals surface area contributed by atoms with Gasteiger partial charge in [0, 0.05) is 38.6 Å². The van der Waals surface area contributed by atoms with Crippen LogP contribution in [0.1, 0.15) is 35.8 Å². The maximum Gasteiger partial charge on any atom is 0.252 e. The monoisotopic (exact) mass is 492 g/mol. The number of ether oxygens (including phenoxy) is 1. The third-order valence-corrected chi connectivity index (χ3v) is 6.73. The van der Waals surface area contributed by atoms with E-state index in [9.17, 15) is 4.79 Å². The maximum absolute atomic E-state index is 12.2. The Morgan fingerprint density at radius 2 is 2.11 bits per heavy atom. The van der Waals surface area contributed by atoms with Gasteiger partial charge < -0.3 is 14.6 Å². The lowest BCUT2D eigenvalue weighted by atomic mass is 10.2. The van der Waals surface area contributed by atoms with Crippen LogP contribution in [0.5, 0.6) is 0 Å². The largest absolute Gasteiger partial charge is 0.358 e. The van der Waals surface area contributed by atoms with Crippen molar-refractivity contribution in [2.24, 2.45) is 0 Å². The lowest BCUT2D eigenvalue weighted by Crippen LogP contribution is -2.18. The van der Waals surface area contributed by atoms with E-state index in [4.69, 9.17) is 4.74 Å². The number of amides is 1. The van der Waals surface area contributed by atoms with Crippen LogP contribution in [0.15, 0.2) is 58.5 Å². The van der Waals surface area contributed by atoms with E-state index >= 15 is 0 Å². The molecule has 140 valence electrons. The van der Waals surface area contributed by atoms with Crippen molar-refractivity contribution in [2.45, 2.75) is 35.3 Å². The van der Waals surface area contributed by atoms with E-state index in [0.29, 0.717) is 5.56 Å². The first-order chi connectivity index (χ1) is 13.2. The zero-order valence-electron chi connectivity index (χ0n) is 15.1. The van der Waals surface area contributed by atoms with Crippen molar-refractivity contribution < 1.29 is 9.53 Å². The lowest BCUT2D eigenvalue weighted by Gasteiger charge is -2.24. The molecule has 1 aliphatic rings. The summed E-state index contributed by atoms with van der Waals surface area (Å²) >= 11 is 4.01. The number of carbonyl (C=O) groups excluding carboxylic acids is 1. The molecule has 1 amide bonds. The normalized spacial score (nSPS) is 17.2. The van der Waals surface area contributed by atoms with Gasteiger partial charge in [-0.25, -0.2) is 0 Å². The molecule has 4 nitrogen and oxygen atoms in total. The summed E-state index contributed by atoms with van der Waals surface area (Å²) in [6, 6.07) is 14.2.